The number of benzene rings is 1. The third kappa shape index (κ3) is 4.44. The Labute approximate surface area is 105 Å². The molecule has 0 bridgehead atoms. The average Bonchev–Trinajstić information content (AvgIpc) is 2.26. The molecule has 0 aliphatic carbocycles. The molecule has 0 saturated carbocycles. The van der Waals surface area contributed by atoms with E-state index < -0.39 is 6.04 Å². The molecule has 1 atom stereocenters. The SMILES string of the molecule is CC(=O)NC(C)C(=O)NCc1ccccc1Cl. The van der Waals surface area contributed by atoms with Crippen LogP contribution in [0.2, 0.25) is 5.02 Å². The second-order valence-corrected chi connectivity index (χ2v) is 4.14. The van der Waals surface area contributed by atoms with Crippen molar-refractivity contribution in [2.75, 3.05) is 0 Å². The number of carbonyl (C=O) groups is 2. The summed E-state index contributed by atoms with van der Waals surface area (Å²) in [6.07, 6.45) is 0. The van der Waals surface area contributed by atoms with Crippen molar-refractivity contribution in [2.45, 2.75) is 26.4 Å². The van der Waals surface area contributed by atoms with E-state index in [1.54, 1.807) is 13.0 Å². The molecule has 2 N–H and O–H groups in total. The first-order chi connectivity index (χ1) is 8.00. The van der Waals surface area contributed by atoms with Gasteiger partial charge in [0.2, 0.25) is 11.8 Å². The van der Waals surface area contributed by atoms with Gasteiger partial charge in [0.25, 0.3) is 0 Å². The standard InChI is InChI=1S/C12H15ClN2O2/c1-8(15-9(2)16)12(17)14-7-10-5-3-4-6-11(10)13/h3-6,8H,7H2,1-2H3,(H,14,17)(H,15,16). The number of hydrogen-bond donors (Lipinski definition) is 2. The minimum absolute atomic E-state index is 0.231. The van der Waals surface area contributed by atoms with E-state index >= 15 is 0 Å². The van der Waals surface area contributed by atoms with E-state index in [9.17, 15) is 9.59 Å². The van der Waals surface area contributed by atoms with Crippen molar-refractivity contribution < 1.29 is 9.59 Å². The van der Waals surface area contributed by atoms with Crippen LogP contribution in [-0.4, -0.2) is 17.9 Å². The number of carbonyl (C=O) groups excluding carboxylic acids is 2. The predicted molar refractivity (Wildman–Crippen MR) is 66.6 cm³/mol. The summed E-state index contributed by atoms with van der Waals surface area (Å²) in [6, 6.07) is 6.74. The number of rotatable bonds is 4. The molecule has 0 radical (unpaired) electrons. The first kappa shape index (κ1) is 13.5. The predicted octanol–water partition coefficient (Wildman–Crippen LogP) is 1.48. The first-order valence-electron chi connectivity index (χ1n) is 5.29. The van der Waals surface area contributed by atoms with Crippen LogP contribution in [0.1, 0.15) is 19.4 Å². The van der Waals surface area contributed by atoms with Gasteiger partial charge in [-0.05, 0) is 18.6 Å². The lowest BCUT2D eigenvalue weighted by atomic mass is 10.2. The monoisotopic (exact) mass is 254 g/mol. The van der Waals surface area contributed by atoms with Gasteiger partial charge in [0.15, 0.2) is 0 Å². The minimum atomic E-state index is -0.546. The Bertz CT molecular complexity index is 421. The van der Waals surface area contributed by atoms with Crippen LogP contribution in [0.15, 0.2) is 24.3 Å². The normalized spacial score (nSPS) is 11.7. The van der Waals surface area contributed by atoms with Gasteiger partial charge in [-0.25, -0.2) is 0 Å². The maximum atomic E-state index is 11.6. The molecular weight excluding hydrogens is 240 g/mol. The Morgan fingerprint density at radius 2 is 2.00 bits per heavy atom. The van der Waals surface area contributed by atoms with Crippen molar-refractivity contribution in [2.24, 2.45) is 0 Å². The molecule has 2 amide bonds. The molecule has 92 valence electrons. The summed E-state index contributed by atoms with van der Waals surface area (Å²) in [5, 5.41) is 5.83. The Kier molecular flexibility index (Phi) is 4.97. The summed E-state index contributed by atoms with van der Waals surface area (Å²) in [7, 11) is 0. The summed E-state index contributed by atoms with van der Waals surface area (Å²) >= 11 is 5.95. The molecular formula is C12H15ClN2O2. The molecule has 0 spiro atoms. The Hall–Kier alpha value is -1.55. The lowest BCUT2D eigenvalue weighted by molar-refractivity contribution is -0.127. The molecule has 4 nitrogen and oxygen atoms in total. The first-order valence-corrected chi connectivity index (χ1v) is 5.66. The average molecular weight is 255 g/mol. The highest BCUT2D eigenvalue weighted by Crippen LogP contribution is 2.14. The van der Waals surface area contributed by atoms with Crippen molar-refractivity contribution >= 4 is 23.4 Å². The van der Waals surface area contributed by atoms with E-state index in [0.717, 1.165) is 5.56 Å². The number of hydrogen-bond acceptors (Lipinski definition) is 2. The van der Waals surface area contributed by atoms with Crippen LogP contribution in [-0.2, 0) is 16.1 Å². The number of halogens is 1. The van der Waals surface area contributed by atoms with Crippen molar-refractivity contribution in [1.82, 2.24) is 10.6 Å². The van der Waals surface area contributed by atoms with Gasteiger partial charge in [-0.3, -0.25) is 9.59 Å². The van der Waals surface area contributed by atoms with Crippen LogP contribution in [0, 0.1) is 0 Å². The molecule has 1 aromatic rings. The maximum Gasteiger partial charge on any atom is 0.242 e. The van der Waals surface area contributed by atoms with Gasteiger partial charge in [-0.2, -0.15) is 0 Å². The molecule has 0 heterocycles. The Balaban J connectivity index is 2.48. The van der Waals surface area contributed by atoms with Crippen molar-refractivity contribution in [3.63, 3.8) is 0 Å². The van der Waals surface area contributed by atoms with Crippen LogP contribution in [0.4, 0.5) is 0 Å². The zero-order valence-corrected chi connectivity index (χ0v) is 10.5. The van der Waals surface area contributed by atoms with Crippen LogP contribution < -0.4 is 10.6 Å². The highest BCUT2D eigenvalue weighted by atomic mass is 35.5. The van der Waals surface area contributed by atoms with Gasteiger partial charge in [-0.15, -0.1) is 0 Å². The third-order valence-electron chi connectivity index (χ3n) is 2.22. The van der Waals surface area contributed by atoms with Gasteiger partial charge >= 0.3 is 0 Å². The van der Waals surface area contributed by atoms with E-state index in [2.05, 4.69) is 10.6 Å². The van der Waals surface area contributed by atoms with E-state index in [0.29, 0.717) is 11.6 Å². The van der Waals surface area contributed by atoms with Gasteiger partial charge in [-0.1, -0.05) is 29.8 Å². The Morgan fingerprint density at radius 3 is 2.59 bits per heavy atom. The molecule has 0 aliphatic rings. The Morgan fingerprint density at radius 1 is 1.35 bits per heavy atom. The zero-order chi connectivity index (χ0) is 12.8. The molecule has 1 rings (SSSR count). The highest BCUT2D eigenvalue weighted by molar-refractivity contribution is 6.31. The number of amides is 2. The summed E-state index contributed by atoms with van der Waals surface area (Å²) in [4.78, 5) is 22.4. The van der Waals surface area contributed by atoms with Crippen LogP contribution >= 0.6 is 11.6 Å². The number of nitrogens with one attached hydrogen (secondary N) is 2. The van der Waals surface area contributed by atoms with E-state index in [1.165, 1.54) is 6.92 Å². The van der Waals surface area contributed by atoms with Crippen LogP contribution in [0.25, 0.3) is 0 Å². The zero-order valence-electron chi connectivity index (χ0n) is 9.79. The van der Waals surface area contributed by atoms with Crippen molar-refractivity contribution in [3.05, 3.63) is 34.9 Å². The molecule has 1 unspecified atom stereocenters. The van der Waals surface area contributed by atoms with Crippen molar-refractivity contribution in [1.29, 1.82) is 0 Å². The molecule has 0 fully saturated rings. The molecule has 0 saturated heterocycles. The van der Waals surface area contributed by atoms with Gasteiger partial charge < -0.3 is 10.6 Å². The lowest BCUT2D eigenvalue weighted by Crippen LogP contribution is -2.43. The van der Waals surface area contributed by atoms with Crippen molar-refractivity contribution in [3.8, 4) is 0 Å². The topological polar surface area (TPSA) is 58.2 Å². The lowest BCUT2D eigenvalue weighted by Gasteiger charge is -2.13. The molecule has 0 aliphatic heterocycles. The van der Waals surface area contributed by atoms with E-state index in [4.69, 9.17) is 11.6 Å². The smallest absolute Gasteiger partial charge is 0.242 e. The fourth-order valence-corrected chi connectivity index (χ4v) is 1.55. The maximum absolute atomic E-state index is 11.6. The van der Waals surface area contributed by atoms with Gasteiger partial charge in [0.1, 0.15) is 6.04 Å². The van der Waals surface area contributed by atoms with Crippen LogP contribution in [0.5, 0.6) is 0 Å². The molecule has 17 heavy (non-hydrogen) atoms. The second-order valence-electron chi connectivity index (χ2n) is 3.73. The minimum Gasteiger partial charge on any atom is -0.350 e. The molecule has 5 heteroatoms. The van der Waals surface area contributed by atoms with E-state index in [-0.39, 0.29) is 11.8 Å². The van der Waals surface area contributed by atoms with E-state index in [1.807, 2.05) is 18.2 Å². The third-order valence-corrected chi connectivity index (χ3v) is 2.59. The second kappa shape index (κ2) is 6.25. The quantitative estimate of drug-likeness (QED) is 0.855. The molecule has 0 aromatic heterocycles. The fourth-order valence-electron chi connectivity index (χ4n) is 1.35. The highest BCUT2D eigenvalue weighted by Gasteiger charge is 2.13. The summed E-state index contributed by atoms with van der Waals surface area (Å²) in [5.41, 5.74) is 0.845. The fraction of sp³-hybridized carbons (Fsp3) is 0.333. The largest absolute Gasteiger partial charge is 0.350 e. The summed E-state index contributed by atoms with van der Waals surface area (Å²) in [6.45, 7) is 3.35. The molecule has 1 aromatic carbocycles. The van der Waals surface area contributed by atoms with Crippen LogP contribution in [0.3, 0.4) is 0 Å². The summed E-state index contributed by atoms with van der Waals surface area (Å²) < 4.78 is 0. The van der Waals surface area contributed by atoms with Gasteiger partial charge in [0, 0.05) is 18.5 Å². The van der Waals surface area contributed by atoms with Gasteiger partial charge in [0.05, 0.1) is 0 Å². The summed E-state index contributed by atoms with van der Waals surface area (Å²) in [5.74, 6) is -0.467.